The predicted molar refractivity (Wildman–Crippen MR) is 105 cm³/mol. The van der Waals surface area contributed by atoms with Gasteiger partial charge < -0.3 is 19.5 Å². The Kier molecular flexibility index (Phi) is 5.90. The highest BCUT2D eigenvalue weighted by molar-refractivity contribution is 6.02. The summed E-state index contributed by atoms with van der Waals surface area (Å²) in [5.41, 5.74) is 2.85. The van der Waals surface area contributed by atoms with Gasteiger partial charge in [-0.3, -0.25) is 14.9 Å². The topological polar surface area (TPSA) is 132 Å². The van der Waals surface area contributed by atoms with Crippen LogP contribution in [0, 0.1) is 10.1 Å². The Morgan fingerprint density at radius 1 is 1.23 bits per heavy atom. The Labute approximate surface area is 171 Å². The normalized spacial score (nSPS) is 15.0. The van der Waals surface area contributed by atoms with Crippen LogP contribution in [0.25, 0.3) is 0 Å². The van der Waals surface area contributed by atoms with Crippen molar-refractivity contribution in [3.05, 3.63) is 57.6 Å². The average Bonchev–Trinajstić information content (AvgIpc) is 2.74. The maximum Gasteiger partial charge on any atom is 0.426 e. The number of nitro benzene ring substituents is 1. The second-order valence-electron chi connectivity index (χ2n) is 6.12. The zero-order valence-electron chi connectivity index (χ0n) is 16.5. The number of hydrogen-bond acceptors (Lipinski definition) is 8. The summed E-state index contributed by atoms with van der Waals surface area (Å²) in [6, 6.07) is 9.20. The molecule has 30 heavy (non-hydrogen) atoms. The predicted octanol–water partition coefficient (Wildman–Crippen LogP) is 2.84. The Balaban J connectivity index is 2.16. The zero-order valence-corrected chi connectivity index (χ0v) is 16.5. The molecule has 1 heterocycles. The van der Waals surface area contributed by atoms with Crippen molar-refractivity contribution < 1.29 is 28.7 Å². The van der Waals surface area contributed by atoms with Gasteiger partial charge in [0, 0.05) is 5.69 Å². The van der Waals surface area contributed by atoms with Gasteiger partial charge in [-0.05, 0) is 25.1 Å². The van der Waals surface area contributed by atoms with Crippen molar-refractivity contribution in [3.63, 3.8) is 0 Å². The Bertz CT molecular complexity index is 995. The SMILES string of the molecule is CCOC(=O)NN1C(=O)c2ccccc2N[C@H]1c1cc(OC)c(OC)cc1[N+](=O)[O-]. The maximum absolute atomic E-state index is 13.1. The lowest BCUT2D eigenvalue weighted by Gasteiger charge is -2.37. The van der Waals surface area contributed by atoms with Crippen molar-refractivity contribution in [1.82, 2.24) is 10.4 Å². The van der Waals surface area contributed by atoms with Crippen molar-refractivity contribution in [2.45, 2.75) is 13.1 Å². The van der Waals surface area contributed by atoms with Gasteiger partial charge in [-0.1, -0.05) is 12.1 Å². The first kappa shape index (κ1) is 20.7. The number of carbonyl (C=O) groups excluding carboxylic acids is 2. The molecule has 11 heteroatoms. The van der Waals surface area contributed by atoms with E-state index < -0.39 is 23.1 Å². The number of fused-ring (bicyclic) bond motifs is 1. The number of ether oxygens (including phenoxy) is 3. The van der Waals surface area contributed by atoms with Crippen LogP contribution >= 0.6 is 0 Å². The minimum Gasteiger partial charge on any atom is -0.493 e. The van der Waals surface area contributed by atoms with Gasteiger partial charge in [-0.2, -0.15) is 0 Å². The second-order valence-corrected chi connectivity index (χ2v) is 6.12. The van der Waals surface area contributed by atoms with E-state index in [0.29, 0.717) is 5.69 Å². The summed E-state index contributed by atoms with van der Waals surface area (Å²) in [7, 11) is 2.74. The fourth-order valence-corrected chi connectivity index (χ4v) is 3.11. The number of nitro groups is 1. The molecule has 2 amide bonds. The number of nitrogens with one attached hydrogen (secondary N) is 2. The smallest absolute Gasteiger partial charge is 0.426 e. The fourth-order valence-electron chi connectivity index (χ4n) is 3.11. The summed E-state index contributed by atoms with van der Waals surface area (Å²) < 4.78 is 15.3. The molecule has 0 aromatic heterocycles. The van der Waals surface area contributed by atoms with Gasteiger partial charge in [0.05, 0.1) is 42.9 Å². The van der Waals surface area contributed by atoms with E-state index in [9.17, 15) is 19.7 Å². The first-order valence-electron chi connectivity index (χ1n) is 8.94. The van der Waals surface area contributed by atoms with E-state index >= 15 is 0 Å². The van der Waals surface area contributed by atoms with Crippen LogP contribution in [0.2, 0.25) is 0 Å². The van der Waals surface area contributed by atoms with E-state index in [4.69, 9.17) is 14.2 Å². The summed E-state index contributed by atoms with van der Waals surface area (Å²) in [6.45, 7) is 1.70. The lowest BCUT2D eigenvalue weighted by molar-refractivity contribution is -0.386. The molecule has 1 aliphatic rings. The molecule has 3 rings (SSSR count). The molecule has 1 atom stereocenters. The van der Waals surface area contributed by atoms with E-state index in [2.05, 4.69) is 10.7 Å². The lowest BCUT2D eigenvalue weighted by atomic mass is 10.0. The average molecular weight is 416 g/mol. The molecule has 0 saturated carbocycles. The number of para-hydroxylation sites is 1. The number of rotatable bonds is 6. The number of carbonyl (C=O) groups is 2. The Morgan fingerprint density at radius 3 is 2.53 bits per heavy atom. The second kappa shape index (κ2) is 8.55. The molecule has 158 valence electrons. The number of anilines is 1. The summed E-state index contributed by atoms with van der Waals surface area (Å²) >= 11 is 0. The van der Waals surface area contributed by atoms with Crippen molar-refractivity contribution in [2.24, 2.45) is 0 Å². The number of methoxy groups -OCH3 is 2. The molecular weight excluding hydrogens is 396 g/mol. The molecule has 0 fully saturated rings. The van der Waals surface area contributed by atoms with Gasteiger partial charge in [0.25, 0.3) is 11.6 Å². The summed E-state index contributed by atoms with van der Waals surface area (Å²) in [5.74, 6) is -0.186. The van der Waals surface area contributed by atoms with Crippen LogP contribution in [0.15, 0.2) is 36.4 Å². The van der Waals surface area contributed by atoms with Crippen molar-refractivity contribution in [1.29, 1.82) is 0 Å². The minimum atomic E-state index is -1.11. The number of nitrogens with zero attached hydrogens (tertiary/aromatic N) is 2. The Morgan fingerprint density at radius 2 is 1.90 bits per heavy atom. The van der Waals surface area contributed by atoms with Crippen LogP contribution in [0.5, 0.6) is 11.5 Å². The molecule has 0 radical (unpaired) electrons. The van der Waals surface area contributed by atoms with E-state index in [-0.39, 0.29) is 34.9 Å². The van der Waals surface area contributed by atoms with Gasteiger partial charge >= 0.3 is 6.09 Å². The molecule has 0 aliphatic carbocycles. The third-order valence-electron chi connectivity index (χ3n) is 4.44. The number of hydrogen-bond donors (Lipinski definition) is 2. The molecular formula is C19H20N4O7. The van der Waals surface area contributed by atoms with Crippen molar-refractivity contribution in [2.75, 3.05) is 26.1 Å². The molecule has 1 aliphatic heterocycles. The molecule has 2 aromatic rings. The Hall–Kier alpha value is -4.02. The van der Waals surface area contributed by atoms with Crippen LogP contribution < -0.4 is 20.2 Å². The number of hydrazine groups is 1. The van der Waals surface area contributed by atoms with E-state index in [1.54, 1.807) is 31.2 Å². The highest BCUT2D eigenvalue weighted by Gasteiger charge is 2.38. The molecule has 0 unspecified atom stereocenters. The third-order valence-corrected chi connectivity index (χ3v) is 4.44. The van der Waals surface area contributed by atoms with Gasteiger partial charge in [-0.25, -0.2) is 15.2 Å². The summed E-state index contributed by atoms with van der Waals surface area (Å²) in [5, 5.41) is 15.8. The molecule has 0 bridgehead atoms. The largest absolute Gasteiger partial charge is 0.493 e. The van der Waals surface area contributed by atoms with E-state index in [1.807, 2.05) is 0 Å². The first-order chi connectivity index (χ1) is 14.4. The molecule has 2 aromatic carbocycles. The first-order valence-corrected chi connectivity index (χ1v) is 8.94. The quantitative estimate of drug-likeness (QED) is 0.543. The monoisotopic (exact) mass is 416 g/mol. The molecule has 0 spiro atoms. The van der Waals surface area contributed by atoms with Crippen LogP contribution in [0.4, 0.5) is 16.2 Å². The number of amides is 2. The van der Waals surface area contributed by atoms with Crippen LogP contribution in [0.3, 0.4) is 0 Å². The van der Waals surface area contributed by atoms with Crippen LogP contribution in [-0.2, 0) is 4.74 Å². The maximum atomic E-state index is 13.1. The number of benzene rings is 2. The van der Waals surface area contributed by atoms with E-state index in [0.717, 1.165) is 5.01 Å². The van der Waals surface area contributed by atoms with Gasteiger partial charge in [0.1, 0.15) is 0 Å². The molecule has 0 saturated heterocycles. The van der Waals surface area contributed by atoms with Crippen molar-refractivity contribution in [3.8, 4) is 11.5 Å². The van der Waals surface area contributed by atoms with Crippen molar-refractivity contribution >= 4 is 23.4 Å². The minimum absolute atomic E-state index is 0.0808. The van der Waals surface area contributed by atoms with E-state index in [1.165, 1.54) is 26.4 Å². The van der Waals surface area contributed by atoms with Gasteiger partial charge in [-0.15, -0.1) is 0 Å². The summed E-state index contributed by atoms with van der Waals surface area (Å²) in [6.07, 6.45) is -1.99. The lowest BCUT2D eigenvalue weighted by Crippen LogP contribution is -2.53. The molecule has 11 nitrogen and oxygen atoms in total. The van der Waals surface area contributed by atoms with Crippen LogP contribution in [-0.4, -0.2) is 42.8 Å². The van der Waals surface area contributed by atoms with Crippen LogP contribution in [0.1, 0.15) is 29.0 Å². The third kappa shape index (κ3) is 3.77. The standard InChI is InChI=1S/C19H20N4O7/c1-4-30-19(25)21-22-17(20-13-8-6-5-7-11(13)18(22)24)12-9-15(28-2)16(29-3)10-14(12)23(26)27/h5-10,17,20H,4H2,1-3H3,(H,21,25)/t17-/m1/s1. The highest BCUT2D eigenvalue weighted by atomic mass is 16.6. The summed E-state index contributed by atoms with van der Waals surface area (Å²) in [4.78, 5) is 36.3. The van der Waals surface area contributed by atoms with Gasteiger partial charge in [0.2, 0.25) is 0 Å². The fraction of sp³-hybridized carbons (Fsp3) is 0.263. The molecule has 2 N–H and O–H groups in total. The van der Waals surface area contributed by atoms with Gasteiger partial charge in [0.15, 0.2) is 17.7 Å². The zero-order chi connectivity index (χ0) is 21.8. The highest BCUT2D eigenvalue weighted by Crippen LogP contribution is 2.41.